The van der Waals surface area contributed by atoms with Crippen molar-refractivity contribution in [2.24, 2.45) is 0 Å². The van der Waals surface area contributed by atoms with Gasteiger partial charge in [-0.15, -0.1) is 0 Å². The molecule has 1 aromatic rings. The lowest BCUT2D eigenvalue weighted by Crippen LogP contribution is -2.44. The van der Waals surface area contributed by atoms with Crippen LogP contribution >= 0.6 is 0 Å². The van der Waals surface area contributed by atoms with Crippen LogP contribution in [0.1, 0.15) is 19.3 Å². The minimum absolute atomic E-state index is 0.0930. The second-order valence-electron chi connectivity index (χ2n) is 3.89. The van der Waals surface area contributed by atoms with Crippen LogP contribution in [-0.4, -0.2) is 35.5 Å². The molecule has 2 heterocycles. The van der Waals surface area contributed by atoms with E-state index in [2.05, 4.69) is 15.3 Å². The Bertz CT molecular complexity index is 354. The van der Waals surface area contributed by atoms with Gasteiger partial charge in [0, 0.05) is 18.9 Å². The van der Waals surface area contributed by atoms with E-state index < -0.39 is 0 Å². The van der Waals surface area contributed by atoms with E-state index in [1.807, 2.05) is 7.05 Å². The van der Waals surface area contributed by atoms with Crippen LogP contribution in [-0.2, 0) is 4.79 Å². The first kappa shape index (κ1) is 11.0. The molecule has 86 valence electrons. The third-order valence-electron chi connectivity index (χ3n) is 2.86. The summed E-state index contributed by atoms with van der Waals surface area (Å²) in [4.78, 5) is 22.1. The second-order valence-corrected chi connectivity index (χ2v) is 3.89. The number of amides is 1. The zero-order chi connectivity index (χ0) is 11.4. The minimum Gasteiger partial charge on any atom is -0.309 e. The molecule has 1 atom stereocenters. The molecule has 1 fully saturated rings. The van der Waals surface area contributed by atoms with E-state index in [0.717, 1.165) is 25.8 Å². The lowest BCUT2D eigenvalue weighted by atomic mass is 10.1. The summed E-state index contributed by atoms with van der Waals surface area (Å²) in [7, 11) is 1.82. The molecule has 0 aliphatic carbocycles. The maximum absolute atomic E-state index is 12.2. The zero-order valence-corrected chi connectivity index (χ0v) is 9.39. The van der Waals surface area contributed by atoms with Gasteiger partial charge in [-0.2, -0.15) is 0 Å². The Morgan fingerprint density at radius 1 is 1.44 bits per heavy atom. The molecule has 1 aromatic heterocycles. The topological polar surface area (TPSA) is 58.1 Å². The highest BCUT2D eigenvalue weighted by Gasteiger charge is 2.27. The summed E-state index contributed by atoms with van der Waals surface area (Å²) in [5.41, 5.74) is 0. The SMILES string of the molecule is CNC1CCCCN(c2cnccn2)C1=O. The van der Waals surface area contributed by atoms with Gasteiger partial charge in [-0.3, -0.25) is 14.7 Å². The molecule has 0 spiro atoms. The maximum Gasteiger partial charge on any atom is 0.245 e. The fourth-order valence-corrected chi connectivity index (χ4v) is 1.97. The van der Waals surface area contributed by atoms with Gasteiger partial charge < -0.3 is 5.32 Å². The zero-order valence-electron chi connectivity index (χ0n) is 9.39. The number of rotatable bonds is 2. The normalized spacial score (nSPS) is 21.9. The molecule has 0 radical (unpaired) electrons. The van der Waals surface area contributed by atoms with Crippen molar-refractivity contribution < 1.29 is 4.79 Å². The third kappa shape index (κ3) is 2.19. The Balaban J connectivity index is 2.22. The molecule has 1 N–H and O–H groups in total. The molecule has 1 aliphatic rings. The van der Waals surface area contributed by atoms with Crippen molar-refractivity contribution >= 4 is 11.7 Å². The first-order valence-corrected chi connectivity index (χ1v) is 5.57. The smallest absolute Gasteiger partial charge is 0.245 e. The quantitative estimate of drug-likeness (QED) is 0.792. The first-order valence-electron chi connectivity index (χ1n) is 5.57. The van der Waals surface area contributed by atoms with Gasteiger partial charge in [0.15, 0.2) is 5.82 Å². The van der Waals surface area contributed by atoms with Crippen molar-refractivity contribution in [3.8, 4) is 0 Å². The van der Waals surface area contributed by atoms with Crippen molar-refractivity contribution in [3.63, 3.8) is 0 Å². The van der Waals surface area contributed by atoms with Crippen molar-refractivity contribution in [1.29, 1.82) is 0 Å². The molecule has 1 unspecified atom stereocenters. The van der Waals surface area contributed by atoms with Gasteiger partial charge in [0.05, 0.1) is 12.2 Å². The summed E-state index contributed by atoms with van der Waals surface area (Å²) in [6.07, 6.45) is 7.83. The average Bonchev–Trinajstić information content (AvgIpc) is 2.52. The van der Waals surface area contributed by atoms with Crippen molar-refractivity contribution in [1.82, 2.24) is 15.3 Å². The first-order chi connectivity index (χ1) is 7.83. The van der Waals surface area contributed by atoms with Crippen LogP contribution in [0.25, 0.3) is 0 Å². The van der Waals surface area contributed by atoms with Crippen LogP contribution in [0.4, 0.5) is 5.82 Å². The lowest BCUT2D eigenvalue weighted by Gasteiger charge is -2.22. The number of likely N-dealkylation sites (N-methyl/N-ethyl adjacent to an activating group) is 1. The molecule has 5 nitrogen and oxygen atoms in total. The number of anilines is 1. The van der Waals surface area contributed by atoms with Crippen molar-refractivity contribution in [3.05, 3.63) is 18.6 Å². The van der Waals surface area contributed by atoms with E-state index in [4.69, 9.17) is 0 Å². The lowest BCUT2D eigenvalue weighted by molar-refractivity contribution is -0.120. The highest BCUT2D eigenvalue weighted by atomic mass is 16.2. The molecule has 0 bridgehead atoms. The van der Waals surface area contributed by atoms with Crippen LogP contribution in [0.5, 0.6) is 0 Å². The molecule has 5 heteroatoms. The standard InChI is InChI=1S/C11H16N4O/c1-12-9-4-2-3-7-15(11(9)16)10-8-13-5-6-14-10/h5-6,8-9,12H,2-4,7H2,1H3. The van der Waals surface area contributed by atoms with Crippen LogP contribution in [0, 0.1) is 0 Å². The van der Waals surface area contributed by atoms with E-state index >= 15 is 0 Å². The molecular weight excluding hydrogens is 204 g/mol. The number of aromatic nitrogens is 2. The van der Waals surface area contributed by atoms with Crippen LogP contribution in [0.3, 0.4) is 0 Å². The molecule has 2 rings (SSSR count). The summed E-state index contributed by atoms with van der Waals surface area (Å²) in [6, 6.07) is -0.0930. The highest BCUT2D eigenvalue weighted by Crippen LogP contribution is 2.17. The van der Waals surface area contributed by atoms with E-state index in [1.54, 1.807) is 23.5 Å². The Kier molecular flexibility index (Phi) is 3.46. The van der Waals surface area contributed by atoms with Crippen molar-refractivity contribution in [2.75, 3.05) is 18.5 Å². The van der Waals surface area contributed by atoms with Gasteiger partial charge in [0.2, 0.25) is 5.91 Å². The van der Waals surface area contributed by atoms with Gasteiger partial charge in [0.1, 0.15) is 0 Å². The second kappa shape index (κ2) is 5.03. The molecular formula is C11H16N4O. The number of carbonyl (C=O) groups is 1. The average molecular weight is 220 g/mol. The Morgan fingerprint density at radius 2 is 2.31 bits per heavy atom. The monoisotopic (exact) mass is 220 g/mol. The van der Waals surface area contributed by atoms with Crippen LogP contribution in [0.15, 0.2) is 18.6 Å². The number of nitrogens with one attached hydrogen (secondary N) is 1. The largest absolute Gasteiger partial charge is 0.309 e. The Labute approximate surface area is 94.9 Å². The number of carbonyl (C=O) groups excluding carboxylic acids is 1. The maximum atomic E-state index is 12.2. The minimum atomic E-state index is -0.0930. The van der Waals surface area contributed by atoms with Gasteiger partial charge in [0.25, 0.3) is 0 Å². The predicted molar refractivity (Wildman–Crippen MR) is 61.1 cm³/mol. The van der Waals surface area contributed by atoms with Gasteiger partial charge in [-0.05, 0) is 26.3 Å². The van der Waals surface area contributed by atoms with E-state index in [1.165, 1.54) is 0 Å². The molecule has 1 amide bonds. The van der Waals surface area contributed by atoms with Gasteiger partial charge in [-0.1, -0.05) is 0 Å². The summed E-state index contributed by atoms with van der Waals surface area (Å²) in [5.74, 6) is 0.746. The van der Waals surface area contributed by atoms with Crippen LogP contribution < -0.4 is 10.2 Å². The highest BCUT2D eigenvalue weighted by molar-refractivity contribution is 5.96. The number of hydrogen-bond donors (Lipinski definition) is 1. The molecule has 0 saturated carbocycles. The summed E-state index contributed by atoms with van der Waals surface area (Å²) < 4.78 is 0. The Morgan fingerprint density at radius 3 is 3.00 bits per heavy atom. The van der Waals surface area contributed by atoms with Crippen molar-refractivity contribution in [2.45, 2.75) is 25.3 Å². The summed E-state index contributed by atoms with van der Waals surface area (Å²) in [5, 5.41) is 3.05. The molecule has 16 heavy (non-hydrogen) atoms. The van der Waals surface area contributed by atoms with Crippen LogP contribution in [0.2, 0.25) is 0 Å². The van der Waals surface area contributed by atoms with Gasteiger partial charge >= 0.3 is 0 Å². The van der Waals surface area contributed by atoms with Gasteiger partial charge in [-0.25, -0.2) is 4.98 Å². The van der Waals surface area contributed by atoms with E-state index in [0.29, 0.717) is 5.82 Å². The molecule has 1 saturated heterocycles. The summed E-state index contributed by atoms with van der Waals surface area (Å²) in [6.45, 7) is 0.732. The Hall–Kier alpha value is -1.49. The third-order valence-corrected chi connectivity index (χ3v) is 2.86. The fraction of sp³-hybridized carbons (Fsp3) is 0.545. The molecule has 0 aromatic carbocycles. The molecule has 1 aliphatic heterocycles. The fourth-order valence-electron chi connectivity index (χ4n) is 1.97. The predicted octanol–water partition coefficient (Wildman–Crippen LogP) is 0.581. The number of nitrogens with zero attached hydrogens (tertiary/aromatic N) is 3. The number of hydrogen-bond acceptors (Lipinski definition) is 4. The van der Waals surface area contributed by atoms with E-state index in [-0.39, 0.29) is 11.9 Å². The summed E-state index contributed by atoms with van der Waals surface area (Å²) >= 11 is 0. The van der Waals surface area contributed by atoms with E-state index in [9.17, 15) is 4.79 Å².